The third-order valence-corrected chi connectivity index (χ3v) is 5.07. The van der Waals surface area contributed by atoms with Crippen LogP contribution in [0.1, 0.15) is 38.5 Å². The Labute approximate surface area is 97.0 Å². The van der Waals surface area contributed by atoms with Crippen LogP contribution in [0, 0.1) is 34.5 Å². The molecule has 0 aromatic rings. The van der Waals surface area contributed by atoms with Crippen LogP contribution >= 0.6 is 0 Å². The van der Waals surface area contributed by atoms with Crippen molar-refractivity contribution in [3.05, 3.63) is 12.2 Å². The average molecular weight is 217 g/mol. The minimum Gasteiger partial charge on any atom is -0.388 e. The Morgan fingerprint density at radius 2 is 1.62 bits per heavy atom. The van der Waals surface area contributed by atoms with Crippen LogP contribution in [0.5, 0.6) is 0 Å². The molecular weight excluding hydrogens is 198 g/mol. The normalized spacial score (nSPS) is 47.1. The lowest BCUT2D eigenvalue weighted by atomic mass is 9.48. The molecule has 2 nitrogen and oxygen atoms in total. The highest BCUT2D eigenvalue weighted by molar-refractivity contribution is 5.12. The van der Waals surface area contributed by atoms with Crippen molar-refractivity contribution in [1.82, 2.24) is 0 Å². The van der Waals surface area contributed by atoms with Crippen LogP contribution < -0.4 is 0 Å². The first kappa shape index (κ1) is 10.4. The van der Waals surface area contributed by atoms with Gasteiger partial charge in [0.05, 0.1) is 12.2 Å². The van der Waals surface area contributed by atoms with E-state index in [0.29, 0.717) is 0 Å². The van der Waals surface area contributed by atoms with Gasteiger partial charge in [0.1, 0.15) is 0 Å². The van der Waals surface area contributed by atoms with Crippen LogP contribution in [0.3, 0.4) is 0 Å². The van der Waals surface area contributed by atoms with Crippen LogP contribution in [0.15, 0.2) is 12.2 Å². The zero-order chi connectivity index (χ0) is 11.2. The first-order valence-electron chi connectivity index (χ1n) is 6.46. The third kappa shape index (κ3) is 1.50. The van der Waals surface area contributed by atoms with E-state index in [9.17, 15) is 5.11 Å². The third-order valence-electron chi connectivity index (χ3n) is 5.07. The minimum absolute atomic E-state index is 0.127. The summed E-state index contributed by atoms with van der Waals surface area (Å²) >= 11 is 0. The highest BCUT2D eigenvalue weighted by Gasteiger charge is 2.53. The Balaban J connectivity index is 1.83. The van der Waals surface area contributed by atoms with Gasteiger partial charge in [0.2, 0.25) is 0 Å². The van der Waals surface area contributed by atoms with Gasteiger partial charge in [-0.3, -0.25) is 0 Å². The standard InChI is InChI=1S/C14H19NO/c15-3-1-2-13(16)14-7-10-4-11(8-14)6-12(5-10)9-14/h1-2,10-13,16H,4-9H2/b2-1+. The van der Waals surface area contributed by atoms with Gasteiger partial charge >= 0.3 is 0 Å². The molecule has 0 radical (unpaired) electrons. The maximum absolute atomic E-state index is 10.3. The summed E-state index contributed by atoms with van der Waals surface area (Å²) in [6.45, 7) is 0. The lowest BCUT2D eigenvalue weighted by Crippen LogP contribution is -2.51. The van der Waals surface area contributed by atoms with Crippen molar-refractivity contribution in [2.24, 2.45) is 23.2 Å². The number of nitrogens with zero attached hydrogens (tertiary/aromatic N) is 1. The number of hydrogen-bond donors (Lipinski definition) is 1. The van der Waals surface area contributed by atoms with Gasteiger partial charge in [-0.2, -0.15) is 5.26 Å². The molecule has 0 spiro atoms. The fourth-order valence-corrected chi connectivity index (χ4v) is 4.88. The second-order valence-electron chi connectivity index (χ2n) is 6.21. The number of aliphatic hydroxyl groups is 1. The highest BCUT2D eigenvalue weighted by atomic mass is 16.3. The molecular formula is C14H19NO. The van der Waals surface area contributed by atoms with Crippen LogP contribution in [-0.2, 0) is 0 Å². The van der Waals surface area contributed by atoms with E-state index in [1.807, 2.05) is 6.07 Å². The molecule has 86 valence electrons. The summed E-state index contributed by atoms with van der Waals surface area (Å²) in [6, 6.07) is 1.99. The number of nitriles is 1. The number of rotatable bonds is 2. The van der Waals surface area contributed by atoms with Gasteiger partial charge < -0.3 is 5.11 Å². The average Bonchev–Trinajstić information content (AvgIpc) is 2.24. The molecule has 0 saturated heterocycles. The first-order valence-corrected chi connectivity index (χ1v) is 6.46. The molecule has 0 aliphatic heterocycles. The predicted octanol–water partition coefficient (Wildman–Crippen LogP) is 2.64. The fourth-order valence-electron chi connectivity index (χ4n) is 4.88. The molecule has 1 atom stereocenters. The largest absolute Gasteiger partial charge is 0.388 e. The molecule has 2 heteroatoms. The molecule has 16 heavy (non-hydrogen) atoms. The molecule has 4 fully saturated rings. The van der Waals surface area contributed by atoms with E-state index >= 15 is 0 Å². The van der Waals surface area contributed by atoms with Gasteiger partial charge in [-0.25, -0.2) is 0 Å². The minimum atomic E-state index is -0.388. The SMILES string of the molecule is N#C/C=C/C(O)C12CC3CC(CC(C3)C1)C2. The molecule has 0 aromatic carbocycles. The molecule has 1 unspecified atom stereocenters. The lowest BCUT2D eigenvalue weighted by Gasteiger charge is -2.58. The molecule has 4 saturated carbocycles. The molecule has 0 amide bonds. The van der Waals surface area contributed by atoms with Crippen LogP contribution in [0.2, 0.25) is 0 Å². The maximum atomic E-state index is 10.3. The van der Waals surface area contributed by atoms with Crippen molar-refractivity contribution < 1.29 is 5.11 Å². The van der Waals surface area contributed by atoms with E-state index in [4.69, 9.17) is 5.26 Å². The van der Waals surface area contributed by atoms with Crippen molar-refractivity contribution in [2.45, 2.75) is 44.6 Å². The number of aliphatic hydroxyl groups excluding tert-OH is 1. The van der Waals surface area contributed by atoms with Gasteiger partial charge in [-0.1, -0.05) is 0 Å². The number of hydrogen-bond acceptors (Lipinski definition) is 2. The van der Waals surface area contributed by atoms with Gasteiger partial charge in [-0.05, 0) is 62.4 Å². The summed E-state index contributed by atoms with van der Waals surface area (Å²) in [5.41, 5.74) is 0.127. The zero-order valence-electron chi connectivity index (χ0n) is 9.60. The summed E-state index contributed by atoms with van der Waals surface area (Å²) in [6.07, 6.45) is 10.5. The van der Waals surface area contributed by atoms with Gasteiger partial charge in [-0.15, -0.1) is 0 Å². The summed E-state index contributed by atoms with van der Waals surface area (Å²) in [7, 11) is 0. The Morgan fingerprint density at radius 1 is 1.12 bits per heavy atom. The van der Waals surface area contributed by atoms with E-state index in [0.717, 1.165) is 17.8 Å². The second-order valence-corrected chi connectivity index (χ2v) is 6.21. The van der Waals surface area contributed by atoms with Crippen LogP contribution in [-0.4, -0.2) is 11.2 Å². The van der Waals surface area contributed by atoms with E-state index < -0.39 is 0 Å². The van der Waals surface area contributed by atoms with E-state index in [2.05, 4.69) is 0 Å². The van der Waals surface area contributed by atoms with E-state index in [1.54, 1.807) is 6.08 Å². The monoisotopic (exact) mass is 217 g/mol. The molecule has 0 aromatic heterocycles. The zero-order valence-corrected chi connectivity index (χ0v) is 9.60. The maximum Gasteiger partial charge on any atom is 0.0909 e. The first-order chi connectivity index (χ1) is 7.72. The van der Waals surface area contributed by atoms with Crippen molar-refractivity contribution in [2.75, 3.05) is 0 Å². The van der Waals surface area contributed by atoms with Gasteiger partial charge in [0, 0.05) is 11.5 Å². The summed E-state index contributed by atoms with van der Waals surface area (Å²) in [5.74, 6) is 2.57. The molecule has 4 rings (SSSR count). The Bertz CT molecular complexity index is 317. The summed E-state index contributed by atoms with van der Waals surface area (Å²) < 4.78 is 0. The summed E-state index contributed by atoms with van der Waals surface area (Å²) in [4.78, 5) is 0. The fraction of sp³-hybridized carbons (Fsp3) is 0.786. The topological polar surface area (TPSA) is 44.0 Å². The highest BCUT2D eigenvalue weighted by Crippen LogP contribution is 2.61. The van der Waals surface area contributed by atoms with Crippen LogP contribution in [0.4, 0.5) is 0 Å². The molecule has 4 aliphatic carbocycles. The predicted molar refractivity (Wildman–Crippen MR) is 61.4 cm³/mol. The smallest absolute Gasteiger partial charge is 0.0909 e. The Kier molecular flexibility index (Phi) is 2.33. The molecule has 0 heterocycles. The Morgan fingerprint density at radius 3 is 2.06 bits per heavy atom. The van der Waals surface area contributed by atoms with Gasteiger partial charge in [0.25, 0.3) is 0 Å². The molecule has 1 N–H and O–H groups in total. The van der Waals surface area contributed by atoms with Gasteiger partial charge in [0.15, 0.2) is 0 Å². The summed E-state index contributed by atoms with van der Waals surface area (Å²) in [5, 5.41) is 18.9. The van der Waals surface area contributed by atoms with Crippen molar-refractivity contribution in [1.29, 1.82) is 5.26 Å². The van der Waals surface area contributed by atoms with Crippen LogP contribution in [0.25, 0.3) is 0 Å². The molecule has 4 bridgehead atoms. The van der Waals surface area contributed by atoms with E-state index in [1.165, 1.54) is 44.6 Å². The lowest BCUT2D eigenvalue weighted by molar-refractivity contribution is -0.104. The van der Waals surface area contributed by atoms with Crippen molar-refractivity contribution >= 4 is 0 Å². The van der Waals surface area contributed by atoms with Crippen molar-refractivity contribution in [3.63, 3.8) is 0 Å². The molecule has 4 aliphatic rings. The second kappa shape index (κ2) is 3.60. The van der Waals surface area contributed by atoms with Crippen molar-refractivity contribution in [3.8, 4) is 6.07 Å². The quantitative estimate of drug-likeness (QED) is 0.723. The number of allylic oxidation sites excluding steroid dienone is 1. The Hall–Kier alpha value is -0.810. The van der Waals surface area contributed by atoms with E-state index in [-0.39, 0.29) is 11.5 Å².